The first kappa shape index (κ1) is 7.55. The van der Waals surface area contributed by atoms with E-state index in [-0.39, 0.29) is 0 Å². The quantitative estimate of drug-likeness (QED) is 0.689. The molecule has 0 aromatic carbocycles. The lowest BCUT2D eigenvalue weighted by molar-refractivity contribution is 0.912. The van der Waals surface area contributed by atoms with E-state index in [1.54, 1.807) is 12.5 Å². The molecule has 2 rings (SSSR count). The van der Waals surface area contributed by atoms with Crippen LogP contribution in [0.15, 0.2) is 18.7 Å². The lowest BCUT2D eigenvalue weighted by Crippen LogP contribution is -1.90. The normalized spacial score (nSPS) is 9.85. The van der Waals surface area contributed by atoms with Crippen LogP contribution in [0.2, 0.25) is 0 Å². The molecule has 0 fully saturated rings. The summed E-state index contributed by atoms with van der Waals surface area (Å²) in [6.45, 7) is 0. The van der Waals surface area contributed by atoms with E-state index in [0.29, 0.717) is 11.5 Å². The van der Waals surface area contributed by atoms with E-state index in [2.05, 4.69) is 15.0 Å². The fourth-order valence-electron chi connectivity index (χ4n) is 1.09. The molecule has 0 spiro atoms. The van der Waals surface area contributed by atoms with Crippen molar-refractivity contribution in [3.05, 3.63) is 24.4 Å². The van der Waals surface area contributed by atoms with Crippen LogP contribution in [0.5, 0.6) is 0 Å². The van der Waals surface area contributed by atoms with Crippen LogP contribution < -0.4 is 0 Å². The summed E-state index contributed by atoms with van der Waals surface area (Å²) in [4.78, 5) is 10.9. The smallest absolute Gasteiger partial charge is 0.156 e. The van der Waals surface area contributed by atoms with Gasteiger partial charge >= 0.3 is 0 Å². The maximum atomic E-state index is 8.57. The molecule has 0 radical (unpaired) electrons. The maximum Gasteiger partial charge on any atom is 0.156 e. The number of nitrogens with one attached hydrogen (secondary N) is 1. The first-order valence-electron chi connectivity index (χ1n) is 3.73. The number of hydrogen-bond acceptors (Lipinski definition) is 3. The second kappa shape index (κ2) is 2.75. The van der Waals surface area contributed by atoms with Crippen molar-refractivity contribution in [3.63, 3.8) is 0 Å². The van der Waals surface area contributed by atoms with Gasteiger partial charge in [-0.3, -0.25) is 0 Å². The van der Waals surface area contributed by atoms with Gasteiger partial charge in [-0.05, 0) is 0 Å². The highest BCUT2D eigenvalue weighted by Gasteiger charge is 2.05. The van der Waals surface area contributed by atoms with Crippen molar-refractivity contribution < 1.29 is 0 Å². The Morgan fingerprint density at radius 3 is 2.92 bits per heavy atom. The summed E-state index contributed by atoms with van der Waals surface area (Å²) in [6.07, 6.45) is 4.88. The maximum absolute atomic E-state index is 8.57. The van der Waals surface area contributed by atoms with Crippen molar-refractivity contribution in [2.75, 3.05) is 0 Å². The van der Waals surface area contributed by atoms with Crippen LogP contribution in [-0.4, -0.2) is 19.5 Å². The molecule has 0 aliphatic heterocycles. The molecule has 0 aliphatic carbocycles. The SMILES string of the molecule is Cn1cncc1-c1ncc(C#N)[nH]1. The Bertz CT molecular complexity index is 459. The second-order valence-electron chi connectivity index (χ2n) is 2.65. The summed E-state index contributed by atoms with van der Waals surface area (Å²) < 4.78 is 1.83. The minimum absolute atomic E-state index is 0.455. The molecule has 2 aromatic rings. The van der Waals surface area contributed by atoms with Gasteiger partial charge in [0, 0.05) is 7.05 Å². The molecule has 0 atom stereocenters. The number of aromatic nitrogens is 4. The second-order valence-corrected chi connectivity index (χ2v) is 2.65. The zero-order chi connectivity index (χ0) is 9.26. The third kappa shape index (κ3) is 1.18. The minimum atomic E-state index is 0.455. The van der Waals surface area contributed by atoms with Gasteiger partial charge in [0.15, 0.2) is 5.82 Å². The molecule has 5 heteroatoms. The van der Waals surface area contributed by atoms with Gasteiger partial charge < -0.3 is 9.55 Å². The number of aromatic amines is 1. The Morgan fingerprint density at radius 2 is 2.38 bits per heavy atom. The molecular weight excluding hydrogens is 166 g/mol. The third-order valence-electron chi connectivity index (χ3n) is 1.76. The number of aryl methyl sites for hydroxylation is 1. The number of nitriles is 1. The Hall–Kier alpha value is -2.09. The molecule has 1 N–H and O–H groups in total. The van der Waals surface area contributed by atoms with Crippen molar-refractivity contribution in [1.82, 2.24) is 19.5 Å². The zero-order valence-corrected chi connectivity index (χ0v) is 7.02. The van der Waals surface area contributed by atoms with Crippen LogP contribution in [0.4, 0.5) is 0 Å². The van der Waals surface area contributed by atoms with Crippen LogP contribution in [0.25, 0.3) is 11.5 Å². The number of hydrogen-bond donors (Lipinski definition) is 1. The van der Waals surface area contributed by atoms with E-state index in [0.717, 1.165) is 5.69 Å². The molecule has 0 amide bonds. The number of imidazole rings is 2. The number of nitrogens with zero attached hydrogens (tertiary/aromatic N) is 4. The van der Waals surface area contributed by atoms with Crippen LogP contribution in [0.3, 0.4) is 0 Å². The standard InChI is InChI=1S/C8H7N5/c1-13-5-10-4-7(13)8-11-3-6(2-9)12-8/h3-5H,1H3,(H,11,12). The highest BCUT2D eigenvalue weighted by Crippen LogP contribution is 2.12. The van der Waals surface area contributed by atoms with Crippen molar-refractivity contribution in [1.29, 1.82) is 5.26 Å². The lowest BCUT2D eigenvalue weighted by atomic mass is 10.4. The van der Waals surface area contributed by atoms with Crippen LogP contribution in [0.1, 0.15) is 5.69 Å². The van der Waals surface area contributed by atoms with Crippen LogP contribution in [0, 0.1) is 11.3 Å². The fraction of sp³-hybridized carbons (Fsp3) is 0.125. The summed E-state index contributed by atoms with van der Waals surface area (Å²) >= 11 is 0. The van der Waals surface area contributed by atoms with Crippen LogP contribution in [-0.2, 0) is 7.05 Å². The first-order valence-corrected chi connectivity index (χ1v) is 3.73. The largest absolute Gasteiger partial charge is 0.331 e. The molecule has 0 bridgehead atoms. The molecule has 0 saturated carbocycles. The van der Waals surface area contributed by atoms with Crippen molar-refractivity contribution >= 4 is 0 Å². The Balaban J connectivity index is 2.48. The van der Waals surface area contributed by atoms with E-state index in [1.807, 2.05) is 17.7 Å². The van der Waals surface area contributed by atoms with E-state index in [1.165, 1.54) is 6.20 Å². The monoisotopic (exact) mass is 173 g/mol. The molecule has 2 heterocycles. The first-order chi connectivity index (χ1) is 6.31. The topological polar surface area (TPSA) is 70.3 Å². The Kier molecular flexibility index (Phi) is 1.60. The minimum Gasteiger partial charge on any atom is -0.331 e. The van der Waals surface area contributed by atoms with Gasteiger partial charge in [-0.1, -0.05) is 0 Å². The van der Waals surface area contributed by atoms with Crippen molar-refractivity contribution in [2.45, 2.75) is 0 Å². The molecule has 0 saturated heterocycles. The Morgan fingerprint density at radius 1 is 1.54 bits per heavy atom. The van der Waals surface area contributed by atoms with Gasteiger partial charge in [0.05, 0.1) is 18.7 Å². The van der Waals surface area contributed by atoms with Gasteiger partial charge in [0.1, 0.15) is 17.5 Å². The highest BCUT2D eigenvalue weighted by molar-refractivity contribution is 5.49. The molecular formula is C8H7N5. The van der Waals surface area contributed by atoms with Crippen LogP contribution >= 0.6 is 0 Å². The molecule has 13 heavy (non-hydrogen) atoms. The Labute approximate surface area is 74.7 Å². The number of rotatable bonds is 1. The van der Waals surface area contributed by atoms with Gasteiger partial charge in [-0.2, -0.15) is 5.26 Å². The average Bonchev–Trinajstić information content (AvgIpc) is 2.71. The number of H-pyrrole nitrogens is 1. The summed E-state index contributed by atoms with van der Waals surface area (Å²) in [6, 6.07) is 1.98. The molecule has 5 nitrogen and oxygen atoms in total. The third-order valence-corrected chi connectivity index (χ3v) is 1.76. The highest BCUT2D eigenvalue weighted by atomic mass is 15.1. The van der Waals surface area contributed by atoms with Gasteiger partial charge in [0.2, 0.25) is 0 Å². The van der Waals surface area contributed by atoms with E-state index in [4.69, 9.17) is 5.26 Å². The van der Waals surface area contributed by atoms with E-state index in [9.17, 15) is 0 Å². The van der Waals surface area contributed by atoms with E-state index < -0.39 is 0 Å². The predicted octanol–water partition coefficient (Wildman–Crippen LogP) is 0.682. The molecule has 64 valence electrons. The van der Waals surface area contributed by atoms with Crippen molar-refractivity contribution in [2.24, 2.45) is 7.05 Å². The lowest BCUT2D eigenvalue weighted by Gasteiger charge is -1.95. The summed E-state index contributed by atoms with van der Waals surface area (Å²) in [5.74, 6) is 0.663. The summed E-state index contributed by atoms with van der Waals surface area (Å²) in [5.41, 5.74) is 1.32. The average molecular weight is 173 g/mol. The van der Waals surface area contributed by atoms with Gasteiger partial charge in [-0.25, -0.2) is 9.97 Å². The summed E-state index contributed by atoms with van der Waals surface area (Å²) in [5, 5.41) is 8.57. The molecule has 0 aliphatic rings. The fourth-order valence-corrected chi connectivity index (χ4v) is 1.09. The molecule has 0 unspecified atom stereocenters. The van der Waals surface area contributed by atoms with Crippen molar-refractivity contribution in [3.8, 4) is 17.6 Å². The summed E-state index contributed by atoms with van der Waals surface area (Å²) in [7, 11) is 1.87. The van der Waals surface area contributed by atoms with Gasteiger partial charge in [-0.15, -0.1) is 0 Å². The van der Waals surface area contributed by atoms with Gasteiger partial charge in [0.25, 0.3) is 0 Å². The predicted molar refractivity (Wildman–Crippen MR) is 45.5 cm³/mol. The van der Waals surface area contributed by atoms with E-state index >= 15 is 0 Å². The zero-order valence-electron chi connectivity index (χ0n) is 7.02. The molecule has 2 aromatic heterocycles.